The summed E-state index contributed by atoms with van der Waals surface area (Å²) < 4.78 is 5.30. The molecule has 8 heteroatoms. The first-order chi connectivity index (χ1) is 18.5. The number of ether oxygens (including phenoxy) is 1. The zero-order chi connectivity index (χ0) is 26.7. The molecule has 0 aliphatic carbocycles. The molecule has 0 bridgehead atoms. The van der Waals surface area contributed by atoms with E-state index in [1.165, 1.54) is 11.6 Å². The van der Waals surface area contributed by atoms with Gasteiger partial charge in [0.2, 0.25) is 0 Å². The molecule has 0 radical (unpaired) electrons. The van der Waals surface area contributed by atoms with E-state index in [2.05, 4.69) is 17.6 Å². The van der Waals surface area contributed by atoms with Crippen molar-refractivity contribution in [2.45, 2.75) is 38.0 Å². The lowest BCUT2D eigenvalue weighted by atomic mass is 9.89. The first-order valence-electron chi connectivity index (χ1n) is 13.0. The van der Waals surface area contributed by atoms with Crippen molar-refractivity contribution < 1.29 is 29.4 Å². The fourth-order valence-corrected chi connectivity index (χ4v) is 4.64. The van der Waals surface area contributed by atoms with E-state index in [-0.39, 0.29) is 41.7 Å². The van der Waals surface area contributed by atoms with Gasteiger partial charge in [0.25, 0.3) is 5.91 Å². The van der Waals surface area contributed by atoms with Crippen LogP contribution in [0.25, 0.3) is 6.08 Å². The molecule has 3 N–H and O–H groups in total. The average Bonchev–Trinajstić information content (AvgIpc) is 2.91. The minimum absolute atomic E-state index is 0.0612. The number of nitrogens with one attached hydrogen (secondary N) is 1. The molecule has 200 valence electrons. The van der Waals surface area contributed by atoms with Gasteiger partial charge >= 0.3 is 5.97 Å². The van der Waals surface area contributed by atoms with Crippen LogP contribution in [-0.2, 0) is 14.4 Å². The quantitative estimate of drug-likeness (QED) is 0.296. The second-order valence-corrected chi connectivity index (χ2v) is 9.36. The lowest BCUT2D eigenvalue weighted by Gasteiger charge is -2.32. The summed E-state index contributed by atoms with van der Waals surface area (Å²) >= 11 is 0. The highest BCUT2D eigenvalue weighted by atomic mass is 16.6. The Labute approximate surface area is 222 Å². The van der Waals surface area contributed by atoms with Crippen LogP contribution in [0.15, 0.2) is 72.5 Å². The topological polar surface area (TPSA) is 108 Å². The number of aromatic hydroxyl groups is 2. The number of amides is 1. The summed E-state index contributed by atoms with van der Waals surface area (Å²) in [5.41, 5.74) is 4.74. The van der Waals surface area contributed by atoms with Crippen LogP contribution in [0.3, 0.4) is 0 Å². The summed E-state index contributed by atoms with van der Waals surface area (Å²) in [5, 5.41) is 20.4. The van der Waals surface area contributed by atoms with Gasteiger partial charge in [-0.1, -0.05) is 48.6 Å². The van der Waals surface area contributed by atoms with Crippen LogP contribution in [-0.4, -0.2) is 53.3 Å². The van der Waals surface area contributed by atoms with E-state index in [1.54, 1.807) is 12.2 Å². The number of benzene rings is 2. The minimum atomic E-state index is -0.697. The number of phenolic OH excluding ortho intramolecular Hbond substituents is 2. The van der Waals surface area contributed by atoms with Gasteiger partial charge in [-0.05, 0) is 67.4 Å². The second kappa shape index (κ2) is 13.5. The van der Waals surface area contributed by atoms with Crippen LogP contribution >= 0.6 is 0 Å². The predicted octanol–water partition coefficient (Wildman–Crippen LogP) is 4.82. The Morgan fingerprint density at radius 1 is 1.03 bits per heavy atom. The van der Waals surface area contributed by atoms with Crippen LogP contribution in [0, 0.1) is 0 Å². The largest absolute Gasteiger partial charge is 0.508 e. The van der Waals surface area contributed by atoms with E-state index < -0.39 is 5.97 Å². The molecule has 2 heterocycles. The summed E-state index contributed by atoms with van der Waals surface area (Å²) in [6, 6.07) is 12.8. The molecule has 2 aliphatic heterocycles. The van der Waals surface area contributed by atoms with Crippen LogP contribution < -0.4 is 5.48 Å². The summed E-state index contributed by atoms with van der Waals surface area (Å²) in [6.07, 6.45) is 13.2. The van der Waals surface area contributed by atoms with Crippen molar-refractivity contribution in [3.05, 3.63) is 89.2 Å². The Bertz CT molecular complexity index is 1200. The van der Waals surface area contributed by atoms with Crippen LogP contribution in [0.2, 0.25) is 0 Å². The predicted molar refractivity (Wildman–Crippen MR) is 144 cm³/mol. The Morgan fingerprint density at radius 2 is 1.76 bits per heavy atom. The van der Waals surface area contributed by atoms with Gasteiger partial charge in [0, 0.05) is 19.2 Å². The SMILES string of the molecule is O=C1OCCC=CCC/C=C/C(NOCC(=O)N2CCC(c3ccccc3)CC2)=C/c2cc(O)cc(O)c21. The number of hydrogen-bond donors (Lipinski definition) is 3. The molecule has 0 spiro atoms. The molecule has 0 atom stereocenters. The third kappa shape index (κ3) is 7.49. The number of esters is 1. The van der Waals surface area contributed by atoms with Gasteiger partial charge < -0.3 is 19.8 Å². The van der Waals surface area contributed by atoms with Crippen molar-refractivity contribution in [1.29, 1.82) is 0 Å². The molecule has 1 amide bonds. The van der Waals surface area contributed by atoms with Gasteiger partial charge in [-0.2, -0.15) is 0 Å². The number of cyclic esters (lactones) is 1. The van der Waals surface area contributed by atoms with Gasteiger partial charge in [0.15, 0.2) is 6.61 Å². The number of piperidine rings is 1. The average molecular weight is 519 g/mol. The van der Waals surface area contributed by atoms with Gasteiger partial charge in [-0.25, -0.2) is 4.79 Å². The molecule has 8 nitrogen and oxygen atoms in total. The molecule has 1 saturated heterocycles. The molecule has 2 aliphatic rings. The number of hydrogen-bond acceptors (Lipinski definition) is 7. The molecule has 2 aromatic carbocycles. The zero-order valence-electron chi connectivity index (χ0n) is 21.3. The zero-order valence-corrected chi connectivity index (χ0v) is 21.3. The van der Waals surface area contributed by atoms with E-state index in [1.807, 2.05) is 41.3 Å². The fourth-order valence-electron chi connectivity index (χ4n) is 4.64. The Morgan fingerprint density at radius 3 is 2.55 bits per heavy atom. The van der Waals surface area contributed by atoms with E-state index >= 15 is 0 Å². The van der Waals surface area contributed by atoms with Crippen molar-refractivity contribution in [3.8, 4) is 11.5 Å². The van der Waals surface area contributed by atoms with Crippen molar-refractivity contribution in [1.82, 2.24) is 10.4 Å². The second-order valence-electron chi connectivity index (χ2n) is 9.36. The van der Waals surface area contributed by atoms with Crippen molar-refractivity contribution in [2.75, 3.05) is 26.3 Å². The molecule has 4 rings (SSSR count). The molecule has 2 aromatic rings. The maximum absolute atomic E-state index is 12.8. The van der Waals surface area contributed by atoms with Crippen molar-refractivity contribution in [3.63, 3.8) is 0 Å². The first-order valence-corrected chi connectivity index (χ1v) is 13.0. The number of allylic oxidation sites excluding steroid dienone is 3. The Balaban J connectivity index is 1.42. The van der Waals surface area contributed by atoms with Crippen molar-refractivity contribution in [2.24, 2.45) is 0 Å². The van der Waals surface area contributed by atoms with E-state index in [9.17, 15) is 19.8 Å². The standard InChI is InChI=1S/C30H34N2O6/c33-26-19-24-18-25(12-8-3-1-2-4-9-17-37-30(36)29(24)27(34)20-26)31-38-21-28(35)32-15-13-23(14-16-32)22-10-6-5-7-11-22/h2,4-8,10-12,18-20,23,31,33-34H,1,3,9,13-17,21H2/b4-2?,12-8+,25-18-. The summed E-state index contributed by atoms with van der Waals surface area (Å²) in [4.78, 5) is 32.8. The Hall–Kier alpha value is -4.04. The number of carbonyl (C=O) groups excluding carboxylic acids is 2. The van der Waals surface area contributed by atoms with Gasteiger partial charge in [-0.15, -0.1) is 0 Å². The van der Waals surface area contributed by atoms with E-state index in [0.717, 1.165) is 31.7 Å². The summed E-state index contributed by atoms with van der Waals surface area (Å²) in [6.45, 7) is 1.36. The number of rotatable bonds is 5. The van der Waals surface area contributed by atoms with Crippen LogP contribution in [0.1, 0.15) is 59.5 Å². The lowest BCUT2D eigenvalue weighted by molar-refractivity contribution is -0.139. The fraction of sp³-hybridized carbons (Fsp3) is 0.333. The van der Waals surface area contributed by atoms with Gasteiger partial charge in [0.1, 0.15) is 17.1 Å². The molecule has 1 fully saturated rings. The van der Waals surface area contributed by atoms with Gasteiger partial charge in [0.05, 0.1) is 12.3 Å². The maximum atomic E-state index is 12.8. The highest BCUT2D eigenvalue weighted by molar-refractivity contribution is 5.97. The Kier molecular flexibility index (Phi) is 9.59. The monoisotopic (exact) mass is 518 g/mol. The van der Waals surface area contributed by atoms with Gasteiger partial charge in [-0.3, -0.25) is 15.1 Å². The lowest BCUT2D eigenvalue weighted by Crippen LogP contribution is -2.40. The number of nitrogens with zero attached hydrogens (tertiary/aromatic N) is 1. The van der Waals surface area contributed by atoms with E-state index in [4.69, 9.17) is 9.57 Å². The molecule has 0 saturated carbocycles. The minimum Gasteiger partial charge on any atom is -0.508 e. The van der Waals surface area contributed by atoms with Crippen LogP contribution in [0.4, 0.5) is 0 Å². The third-order valence-electron chi connectivity index (χ3n) is 6.63. The smallest absolute Gasteiger partial charge is 0.342 e. The highest BCUT2D eigenvalue weighted by Crippen LogP contribution is 2.30. The number of fused-ring (bicyclic) bond motifs is 1. The molecular weight excluding hydrogens is 484 g/mol. The molecule has 0 unspecified atom stereocenters. The molecule has 38 heavy (non-hydrogen) atoms. The number of carbonyl (C=O) groups is 2. The number of likely N-dealkylation sites (tertiary alicyclic amines) is 1. The van der Waals surface area contributed by atoms with Crippen molar-refractivity contribution >= 4 is 18.0 Å². The summed E-state index contributed by atoms with van der Waals surface area (Å²) in [5.74, 6) is -0.944. The van der Waals surface area contributed by atoms with Crippen LogP contribution in [0.5, 0.6) is 11.5 Å². The molecular formula is C30H34N2O6. The maximum Gasteiger partial charge on any atom is 0.342 e. The highest BCUT2D eigenvalue weighted by Gasteiger charge is 2.24. The normalized spacial score (nSPS) is 19.4. The summed E-state index contributed by atoms with van der Waals surface area (Å²) in [7, 11) is 0. The first kappa shape index (κ1) is 27.0. The number of hydroxylamine groups is 1. The molecule has 0 aromatic heterocycles. The third-order valence-corrected chi connectivity index (χ3v) is 6.63. The number of phenols is 2. The van der Waals surface area contributed by atoms with E-state index in [0.29, 0.717) is 31.1 Å².